The zero-order valence-corrected chi connectivity index (χ0v) is 11.5. The smallest absolute Gasteiger partial charge is 0.171 e. The number of hydrogen-bond donors (Lipinski definition) is 2. The molecule has 1 rings (SSSR count). The molecule has 0 spiro atoms. The lowest BCUT2D eigenvalue weighted by Crippen LogP contribution is -2.33. The topological polar surface area (TPSA) is 54.9 Å². The summed E-state index contributed by atoms with van der Waals surface area (Å²) >= 11 is 5.07. The predicted molar refractivity (Wildman–Crippen MR) is 76.5 cm³/mol. The molecule has 6 heteroatoms. The van der Waals surface area contributed by atoms with E-state index in [-0.39, 0.29) is 0 Å². The largest absolute Gasteiger partial charge is 0.497 e. The third-order valence-corrected chi connectivity index (χ3v) is 2.52. The SMILES string of the molecule is CN=CNC(=S)NCc1ccc(OC)cc1OC. The molecule has 0 saturated heterocycles. The predicted octanol–water partition coefficient (Wildman–Crippen LogP) is 1.33. The summed E-state index contributed by atoms with van der Waals surface area (Å²) in [6.07, 6.45) is 1.53. The summed E-state index contributed by atoms with van der Waals surface area (Å²) in [6, 6.07) is 5.64. The van der Waals surface area contributed by atoms with Gasteiger partial charge < -0.3 is 20.1 Å². The molecule has 0 saturated carbocycles. The number of rotatable bonds is 5. The highest BCUT2D eigenvalue weighted by Crippen LogP contribution is 2.24. The first-order valence-electron chi connectivity index (χ1n) is 5.37. The lowest BCUT2D eigenvalue weighted by Gasteiger charge is -2.12. The molecule has 5 nitrogen and oxygen atoms in total. The van der Waals surface area contributed by atoms with Gasteiger partial charge in [-0.3, -0.25) is 4.99 Å². The first kappa shape index (κ1) is 14.2. The molecule has 0 aliphatic carbocycles. The molecule has 0 atom stereocenters. The van der Waals surface area contributed by atoms with Crippen molar-refractivity contribution >= 4 is 23.7 Å². The van der Waals surface area contributed by atoms with Gasteiger partial charge in [-0.1, -0.05) is 0 Å². The van der Waals surface area contributed by atoms with Crippen LogP contribution in [0.3, 0.4) is 0 Å². The summed E-state index contributed by atoms with van der Waals surface area (Å²) in [4.78, 5) is 3.78. The van der Waals surface area contributed by atoms with Gasteiger partial charge in [-0.25, -0.2) is 0 Å². The summed E-state index contributed by atoms with van der Waals surface area (Å²) in [7, 11) is 4.91. The first-order chi connectivity index (χ1) is 8.71. The van der Waals surface area contributed by atoms with Crippen LogP contribution < -0.4 is 20.1 Å². The number of nitrogens with one attached hydrogen (secondary N) is 2. The zero-order chi connectivity index (χ0) is 13.4. The minimum Gasteiger partial charge on any atom is -0.497 e. The number of methoxy groups -OCH3 is 2. The van der Waals surface area contributed by atoms with E-state index in [1.807, 2.05) is 18.2 Å². The number of benzene rings is 1. The Bertz CT molecular complexity index is 435. The van der Waals surface area contributed by atoms with Crippen LogP contribution in [0.1, 0.15) is 5.56 Å². The van der Waals surface area contributed by atoms with E-state index in [2.05, 4.69) is 15.6 Å². The van der Waals surface area contributed by atoms with Crippen LogP contribution in [-0.2, 0) is 6.54 Å². The van der Waals surface area contributed by atoms with Crippen molar-refractivity contribution in [2.45, 2.75) is 6.54 Å². The molecule has 18 heavy (non-hydrogen) atoms. The second kappa shape index (κ2) is 7.50. The maximum atomic E-state index is 5.29. The lowest BCUT2D eigenvalue weighted by atomic mass is 10.2. The van der Waals surface area contributed by atoms with E-state index in [0.29, 0.717) is 11.7 Å². The normalized spacial score (nSPS) is 10.2. The van der Waals surface area contributed by atoms with Crippen molar-refractivity contribution in [3.8, 4) is 11.5 Å². The van der Waals surface area contributed by atoms with Gasteiger partial charge >= 0.3 is 0 Å². The van der Waals surface area contributed by atoms with Crippen LogP contribution in [0.15, 0.2) is 23.2 Å². The Morgan fingerprint density at radius 2 is 2.17 bits per heavy atom. The van der Waals surface area contributed by atoms with E-state index >= 15 is 0 Å². The molecule has 0 aromatic heterocycles. The fourth-order valence-corrected chi connectivity index (χ4v) is 1.47. The summed E-state index contributed by atoms with van der Waals surface area (Å²) in [5.74, 6) is 1.52. The van der Waals surface area contributed by atoms with Crippen LogP contribution in [0.4, 0.5) is 0 Å². The van der Waals surface area contributed by atoms with Crippen LogP contribution in [-0.4, -0.2) is 32.7 Å². The Labute approximate surface area is 112 Å². The van der Waals surface area contributed by atoms with E-state index in [1.54, 1.807) is 21.3 Å². The van der Waals surface area contributed by atoms with Gasteiger partial charge in [0.25, 0.3) is 0 Å². The van der Waals surface area contributed by atoms with E-state index in [0.717, 1.165) is 17.1 Å². The third-order valence-electron chi connectivity index (χ3n) is 2.26. The first-order valence-corrected chi connectivity index (χ1v) is 5.78. The standard InChI is InChI=1S/C12H17N3O2S/c1-13-8-15-12(18)14-7-9-4-5-10(16-2)6-11(9)17-3/h4-6,8H,7H2,1-3H3,(H2,13,14,15,18). The highest BCUT2D eigenvalue weighted by atomic mass is 32.1. The maximum Gasteiger partial charge on any atom is 0.171 e. The molecular weight excluding hydrogens is 250 g/mol. The van der Waals surface area contributed by atoms with Gasteiger partial charge in [0.15, 0.2) is 5.11 Å². The summed E-state index contributed by atoms with van der Waals surface area (Å²) in [5, 5.41) is 6.39. The Morgan fingerprint density at radius 3 is 2.78 bits per heavy atom. The van der Waals surface area contributed by atoms with Crippen LogP contribution in [0.25, 0.3) is 0 Å². The molecule has 0 fully saturated rings. The fourth-order valence-electron chi connectivity index (χ4n) is 1.35. The van der Waals surface area contributed by atoms with Crippen molar-refractivity contribution in [2.24, 2.45) is 4.99 Å². The summed E-state index contributed by atoms with van der Waals surface area (Å²) < 4.78 is 10.4. The molecule has 1 aromatic carbocycles. The Balaban J connectivity index is 2.64. The molecule has 0 bridgehead atoms. The van der Waals surface area contributed by atoms with Crippen molar-refractivity contribution < 1.29 is 9.47 Å². The molecule has 0 unspecified atom stereocenters. The average Bonchev–Trinajstić information content (AvgIpc) is 2.42. The monoisotopic (exact) mass is 267 g/mol. The summed E-state index contributed by atoms with van der Waals surface area (Å²) in [5.41, 5.74) is 0.996. The van der Waals surface area contributed by atoms with Crippen molar-refractivity contribution in [1.29, 1.82) is 0 Å². The molecule has 98 valence electrons. The zero-order valence-electron chi connectivity index (χ0n) is 10.7. The van der Waals surface area contributed by atoms with E-state index in [9.17, 15) is 0 Å². The van der Waals surface area contributed by atoms with Gasteiger partial charge in [0.2, 0.25) is 0 Å². The molecule has 0 amide bonds. The maximum absolute atomic E-state index is 5.29. The van der Waals surface area contributed by atoms with Crippen LogP contribution in [0, 0.1) is 0 Å². The second-order valence-electron chi connectivity index (χ2n) is 3.39. The summed E-state index contributed by atoms with van der Waals surface area (Å²) in [6.45, 7) is 0.566. The van der Waals surface area contributed by atoms with E-state index in [4.69, 9.17) is 21.7 Å². The van der Waals surface area contributed by atoms with Crippen LogP contribution in [0.2, 0.25) is 0 Å². The van der Waals surface area contributed by atoms with E-state index < -0.39 is 0 Å². The quantitative estimate of drug-likeness (QED) is 0.479. The molecule has 0 heterocycles. The van der Waals surface area contributed by atoms with Gasteiger partial charge in [0, 0.05) is 25.2 Å². The highest BCUT2D eigenvalue weighted by molar-refractivity contribution is 7.80. The van der Waals surface area contributed by atoms with E-state index in [1.165, 1.54) is 6.34 Å². The number of thiocarbonyl (C=S) groups is 1. The minimum absolute atomic E-state index is 0.512. The number of nitrogens with zero attached hydrogens (tertiary/aromatic N) is 1. The Morgan fingerprint density at radius 1 is 1.39 bits per heavy atom. The van der Waals surface area contributed by atoms with Crippen molar-refractivity contribution in [3.05, 3.63) is 23.8 Å². The second-order valence-corrected chi connectivity index (χ2v) is 3.80. The molecule has 2 N–H and O–H groups in total. The van der Waals surface area contributed by atoms with Gasteiger partial charge in [-0.15, -0.1) is 0 Å². The lowest BCUT2D eigenvalue weighted by molar-refractivity contribution is 0.390. The van der Waals surface area contributed by atoms with Crippen LogP contribution >= 0.6 is 12.2 Å². The Kier molecular flexibility index (Phi) is 5.93. The molecule has 0 radical (unpaired) electrons. The third kappa shape index (κ3) is 4.21. The Hall–Kier alpha value is -1.82. The average molecular weight is 267 g/mol. The van der Waals surface area contributed by atoms with Crippen LogP contribution in [0.5, 0.6) is 11.5 Å². The fraction of sp³-hybridized carbons (Fsp3) is 0.333. The minimum atomic E-state index is 0.512. The molecule has 0 aliphatic heterocycles. The van der Waals surface area contributed by atoms with Crippen molar-refractivity contribution in [2.75, 3.05) is 21.3 Å². The van der Waals surface area contributed by atoms with Gasteiger partial charge in [0.1, 0.15) is 11.5 Å². The van der Waals surface area contributed by atoms with Crippen molar-refractivity contribution in [1.82, 2.24) is 10.6 Å². The van der Waals surface area contributed by atoms with Gasteiger partial charge in [-0.2, -0.15) is 0 Å². The number of hydrogen-bond acceptors (Lipinski definition) is 4. The molecule has 1 aromatic rings. The highest BCUT2D eigenvalue weighted by Gasteiger charge is 2.05. The number of aliphatic imine (C=N–C) groups is 1. The van der Waals surface area contributed by atoms with Gasteiger partial charge in [-0.05, 0) is 24.4 Å². The van der Waals surface area contributed by atoms with Gasteiger partial charge in [0.05, 0.1) is 20.6 Å². The van der Waals surface area contributed by atoms with Crippen molar-refractivity contribution in [3.63, 3.8) is 0 Å². The molecule has 0 aliphatic rings. The number of ether oxygens (including phenoxy) is 2. The molecular formula is C12H17N3O2S.